The lowest BCUT2D eigenvalue weighted by atomic mass is 10.2. The number of benzene rings is 1. The Balaban J connectivity index is 2.33. The van der Waals surface area contributed by atoms with Crippen LogP contribution in [0.3, 0.4) is 0 Å². The Bertz CT molecular complexity index is 604. The van der Waals surface area contributed by atoms with Crippen LogP contribution in [0.15, 0.2) is 27.6 Å². The molecule has 0 saturated carbocycles. The molecule has 21 heavy (non-hydrogen) atoms. The second kappa shape index (κ2) is 6.75. The maximum atomic E-state index is 12.9. The Morgan fingerprint density at radius 2 is 2.14 bits per heavy atom. The lowest BCUT2D eigenvalue weighted by Crippen LogP contribution is -2.41. The second-order valence-corrected chi connectivity index (χ2v) is 8.31. The molecule has 7 heteroatoms. The van der Waals surface area contributed by atoms with E-state index in [9.17, 15) is 8.42 Å². The van der Waals surface area contributed by atoms with E-state index in [-0.39, 0.29) is 17.5 Å². The Morgan fingerprint density at radius 3 is 2.71 bits per heavy atom. The molecule has 0 spiro atoms. The van der Waals surface area contributed by atoms with Gasteiger partial charge in [-0.05, 0) is 60.6 Å². The van der Waals surface area contributed by atoms with Gasteiger partial charge in [-0.2, -0.15) is 4.31 Å². The minimum Gasteiger partial charge on any atom is -0.392 e. The average Bonchev–Trinajstić information content (AvgIpc) is 2.86. The number of aliphatic hydroxyl groups excluding tert-OH is 1. The van der Waals surface area contributed by atoms with E-state index in [4.69, 9.17) is 5.11 Å². The molecular formula is C14H21BrN2O3S. The Labute approximate surface area is 134 Å². The van der Waals surface area contributed by atoms with E-state index in [1.54, 1.807) is 22.5 Å². The van der Waals surface area contributed by atoms with E-state index in [1.165, 1.54) is 0 Å². The van der Waals surface area contributed by atoms with Gasteiger partial charge in [-0.25, -0.2) is 8.42 Å². The van der Waals surface area contributed by atoms with Crippen molar-refractivity contribution in [2.75, 3.05) is 27.2 Å². The molecule has 0 bridgehead atoms. The summed E-state index contributed by atoms with van der Waals surface area (Å²) in [6, 6.07) is 4.89. The minimum absolute atomic E-state index is 0.0226. The monoisotopic (exact) mass is 376 g/mol. The Kier molecular flexibility index (Phi) is 5.43. The maximum Gasteiger partial charge on any atom is 0.244 e. The molecule has 1 aliphatic heterocycles. The first kappa shape index (κ1) is 16.9. The largest absolute Gasteiger partial charge is 0.392 e. The third kappa shape index (κ3) is 3.65. The summed E-state index contributed by atoms with van der Waals surface area (Å²) in [5.41, 5.74) is 0.687. The van der Waals surface area contributed by atoms with Gasteiger partial charge >= 0.3 is 0 Å². The van der Waals surface area contributed by atoms with E-state index >= 15 is 0 Å². The minimum atomic E-state index is -3.51. The number of nitrogens with zero attached hydrogens (tertiary/aromatic N) is 2. The smallest absolute Gasteiger partial charge is 0.244 e. The molecular weight excluding hydrogens is 356 g/mol. The molecule has 0 radical (unpaired) electrons. The lowest BCUT2D eigenvalue weighted by molar-refractivity contribution is 0.281. The van der Waals surface area contributed by atoms with Crippen LogP contribution < -0.4 is 0 Å². The molecule has 1 aromatic carbocycles. The second-order valence-electron chi connectivity index (χ2n) is 5.60. The van der Waals surface area contributed by atoms with E-state index in [0.717, 1.165) is 19.4 Å². The van der Waals surface area contributed by atoms with E-state index < -0.39 is 10.0 Å². The molecule has 1 saturated heterocycles. The van der Waals surface area contributed by atoms with Crippen molar-refractivity contribution >= 4 is 26.0 Å². The van der Waals surface area contributed by atoms with Crippen molar-refractivity contribution in [3.8, 4) is 0 Å². The van der Waals surface area contributed by atoms with Crippen LogP contribution in [0.1, 0.15) is 18.4 Å². The first-order valence-corrected chi connectivity index (χ1v) is 9.15. The first-order chi connectivity index (χ1) is 9.86. The van der Waals surface area contributed by atoms with Crippen molar-refractivity contribution in [3.05, 3.63) is 28.2 Å². The molecule has 0 amide bonds. The highest BCUT2D eigenvalue weighted by molar-refractivity contribution is 9.10. The van der Waals surface area contributed by atoms with E-state index in [1.807, 2.05) is 19.0 Å². The summed E-state index contributed by atoms with van der Waals surface area (Å²) in [4.78, 5) is 2.29. The number of aliphatic hydroxyl groups is 1. The molecule has 5 nitrogen and oxygen atoms in total. The molecule has 1 atom stereocenters. The van der Waals surface area contributed by atoms with Gasteiger partial charge in [0.25, 0.3) is 0 Å². The van der Waals surface area contributed by atoms with Gasteiger partial charge in [-0.15, -0.1) is 0 Å². The van der Waals surface area contributed by atoms with Crippen molar-refractivity contribution in [1.29, 1.82) is 0 Å². The van der Waals surface area contributed by atoms with Crippen molar-refractivity contribution in [2.45, 2.75) is 30.4 Å². The molecule has 1 aromatic rings. The number of halogens is 1. The van der Waals surface area contributed by atoms with Gasteiger partial charge in [0.2, 0.25) is 10.0 Å². The van der Waals surface area contributed by atoms with Crippen LogP contribution in [0.4, 0.5) is 0 Å². The van der Waals surface area contributed by atoms with Crippen molar-refractivity contribution in [1.82, 2.24) is 9.21 Å². The SMILES string of the molecule is CN(C)CC1CCCN1S(=O)(=O)c1ccc(CO)cc1Br. The van der Waals surface area contributed by atoms with Gasteiger partial charge < -0.3 is 10.0 Å². The third-order valence-electron chi connectivity index (χ3n) is 3.66. The Morgan fingerprint density at radius 1 is 1.43 bits per heavy atom. The molecule has 1 fully saturated rings. The lowest BCUT2D eigenvalue weighted by Gasteiger charge is -2.26. The predicted octanol–water partition coefficient (Wildman–Crippen LogP) is 1.66. The highest BCUT2D eigenvalue weighted by atomic mass is 79.9. The normalized spacial score (nSPS) is 20.3. The topological polar surface area (TPSA) is 60.9 Å². The standard InChI is InChI=1S/C14H21BrN2O3S/c1-16(2)9-12-4-3-7-17(12)21(19,20)14-6-5-11(10-18)8-13(14)15/h5-6,8,12,18H,3-4,7,9-10H2,1-2H3. The van der Waals surface area contributed by atoms with E-state index in [0.29, 0.717) is 16.6 Å². The summed E-state index contributed by atoms with van der Waals surface area (Å²) < 4.78 is 27.8. The van der Waals surface area contributed by atoms with Crippen LogP contribution >= 0.6 is 15.9 Å². The summed E-state index contributed by atoms with van der Waals surface area (Å²) in [5.74, 6) is 0. The van der Waals surface area contributed by atoms with Crippen LogP contribution in [0, 0.1) is 0 Å². The van der Waals surface area contributed by atoms with Crippen LogP contribution in [0.2, 0.25) is 0 Å². The predicted molar refractivity (Wildman–Crippen MR) is 85.5 cm³/mol. The highest BCUT2D eigenvalue weighted by Gasteiger charge is 2.36. The maximum absolute atomic E-state index is 12.9. The number of rotatable bonds is 5. The molecule has 118 valence electrons. The fourth-order valence-corrected chi connectivity index (χ4v) is 5.48. The Hall–Kier alpha value is -0.470. The first-order valence-electron chi connectivity index (χ1n) is 6.92. The molecule has 0 aliphatic carbocycles. The zero-order chi connectivity index (χ0) is 15.6. The zero-order valence-corrected chi connectivity index (χ0v) is 14.7. The molecule has 1 N–H and O–H groups in total. The van der Waals surface area contributed by atoms with Gasteiger partial charge in [0, 0.05) is 23.6 Å². The van der Waals surface area contributed by atoms with Gasteiger partial charge in [0.05, 0.1) is 11.5 Å². The van der Waals surface area contributed by atoms with Crippen LogP contribution in [0.25, 0.3) is 0 Å². The zero-order valence-electron chi connectivity index (χ0n) is 12.3. The summed E-state index contributed by atoms with van der Waals surface area (Å²) in [6.45, 7) is 1.19. The summed E-state index contributed by atoms with van der Waals surface area (Å²) in [6.07, 6.45) is 1.79. The van der Waals surface area contributed by atoms with Crippen LogP contribution in [0.5, 0.6) is 0 Å². The average molecular weight is 377 g/mol. The summed E-state index contributed by atoms with van der Waals surface area (Å²) in [7, 11) is 0.396. The van der Waals surface area contributed by atoms with Crippen molar-refractivity contribution in [3.63, 3.8) is 0 Å². The van der Waals surface area contributed by atoms with Crippen LogP contribution in [-0.2, 0) is 16.6 Å². The third-order valence-corrected chi connectivity index (χ3v) is 6.59. The molecule has 2 rings (SSSR count). The molecule has 0 aromatic heterocycles. The van der Waals surface area contributed by atoms with E-state index in [2.05, 4.69) is 15.9 Å². The fraction of sp³-hybridized carbons (Fsp3) is 0.571. The highest BCUT2D eigenvalue weighted by Crippen LogP contribution is 2.31. The number of likely N-dealkylation sites (N-methyl/N-ethyl adjacent to an activating group) is 1. The van der Waals surface area contributed by atoms with Crippen LogP contribution in [-0.4, -0.2) is 56.0 Å². The quantitative estimate of drug-likeness (QED) is 0.848. The summed E-state index contributed by atoms with van der Waals surface area (Å²) >= 11 is 3.31. The molecule has 1 aliphatic rings. The fourth-order valence-electron chi connectivity index (χ4n) is 2.71. The molecule has 1 heterocycles. The van der Waals surface area contributed by atoms with Gasteiger partial charge in [0.15, 0.2) is 0 Å². The van der Waals surface area contributed by atoms with Gasteiger partial charge in [0.1, 0.15) is 0 Å². The number of hydrogen-bond acceptors (Lipinski definition) is 4. The van der Waals surface area contributed by atoms with Gasteiger partial charge in [-0.3, -0.25) is 0 Å². The van der Waals surface area contributed by atoms with Gasteiger partial charge in [-0.1, -0.05) is 6.07 Å². The summed E-state index contributed by atoms with van der Waals surface area (Å²) in [5, 5.41) is 9.12. The number of sulfonamides is 1. The van der Waals surface area contributed by atoms with Crippen molar-refractivity contribution < 1.29 is 13.5 Å². The van der Waals surface area contributed by atoms with Crippen molar-refractivity contribution in [2.24, 2.45) is 0 Å². The molecule has 1 unspecified atom stereocenters. The number of hydrogen-bond donors (Lipinski definition) is 1.